The number of carbonyl (C=O) groups is 1. The van der Waals surface area contributed by atoms with Crippen molar-refractivity contribution in [3.63, 3.8) is 0 Å². The van der Waals surface area contributed by atoms with Crippen molar-refractivity contribution in [1.82, 2.24) is 14.6 Å². The van der Waals surface area contributed by atoms with E-state index in [1.165, 1.54) is 16.9 Å². The van der Waals surface area contributed by atoms with Gasteiger partial charge in [-0.15, -0.1) is 0 Å². The zero-order chi connectivity index (χ0) is 18.2. The number of aromatic nitrogens is 3. The van der Waals surface area contributed by atoms with Crippen LogP contribution >= 0.6 is 0 Å². The Morgan fingerprint density at radius 2 is 1.92 bits per heavy atom. The van der Waals surface area contributed by atoms with Gasteiger partial charge in [0.05, 0.1) is 24.6 Å². The molecule has 0 radical (unpaired) electrons. The van der Waals surface area contributed by atoms with E-state index in [-0.39, 0.29) is 12.3 Å². The first-order chi connectivity index (χ1) is 11.8. The van der Waals surface area contributed by atoms with Crippen molar-refractivity contribution < 1.29 is 22.7 Å². The van der Waals surface area contributed by atoms with Crippen molar-refractivity contribution in [1.29, 1.82) is 0 Å². The topological polar surface area (TPSA) is 56.5 Å². The van der Waals surface area contributed by atoms with Gasteiger partial charge in [-0.2, -0.15) is 18.3 Å². The van der Waals surface area contributed by atoms with Crippen LogP contribution < -0.4 is 0 Å². The van der Waals surface area contributed by atoms with Crippen molar-refractivity contribution in [3.8, 4) is 11.1 Å². The molecule has 25 heavy (non-hydrogen) atoms. The van der Waals surface area contributed by atoms with Gasteiger partial charge >= 0.3 is 12.1 Å². The predicted molar refractivity (Wildman–Crippen MR) is 84.1 cm³/mol. The summed E-state index contributed by atoms with van der Waals surface area (Å²) in [6, 6.07) is 5.36. The van der Waals surface area contributed by atoms with E-state index in [0.717, 1.165) is 12.1 Å². The Kier molecular flexibility index (Phi) is 4.20. The fourth-order valence-corrected chi connectivity index (χ4v) is 2.49. The number of hydrogen-bond donors (Lipinski definition) is 0. The van der Waals surface area contributed by atoms with E-state index >= 15 is 0 Å². The van der Waals surface area contributed by atoms with E-state index in [0.29, 0.717) is 22.3 Å². The van der Waals surface area contributed by atoms with Crippen molar-refractivity contribution in [2.45, 2.75) is 20.0 Å². The van der Waals surface area contributed by atoms with Gasteiger partial charge in [0, 0.05) is 5.56 Å². The van der Waals surface area contributed by atoms with E-state index in [4.69, 9.17) is 4.74 Å². The molecular formula is C17H14F3N3O2. The molecular weight excluding hydrogens is 335 g/mol. The summed E-state index contributed by atoms with van der Waals surface area (Å²) in [6.07, 6.45) is -1.71. The molecule has 8 heteroatoms. The smallest absolute Gasteiger partial charge is 0.416 e. The molecule has 5 nitrogen and oxygen atoms in total. The van der Waals surface area contributed by atoms with E-state index in [1.54, 1.807) is 26.0 Å². The lowest BCUT2D eigenvalue weighted by Gasteiger charge is -2.11. The number of esters is 1. The number of hydrogen-bond acceptors (Lipinski definition) is 4. The predicted octanol–water partition coefficient (Wildman–Crippen LogP) is 3.90. The van der Waals surface area contributed by atoms with Gasteiger partial charge in [-0.3, -0.25) is 0 Å². The summed E-state index contributed by atoms with van der Waals surface area (Å²) in [5.41, 5.74) is 1.11. The molecule has 2 heterocycles. The Labute approximate surface area is 141 Å². The first-order valence-electron chi connectivity index (χ1n) is 7.49. The number of nitrogens with zero attached hydrogens (tertiary/aromatic N) is 3. The number of fused-ring (bicyclic) bond motifs is 1. The standard InChI is InChI=1S/C17H14F3N3O2/c1-3-25-16(24)14-9-21-15-7-12(8-22-23(14)15)11-4-10(2)5-13(6-11)17(18,19)20/h4-9H,3H2,1-2H3. The fourth-order valence-electron chi connectivity index (χ4n) is 2.49. The summed E-state index contributed by atoms with van der Waals surface area (Å²) in [4.78, 5) is 15.9. The van der Waals surface area contributed by atoms with Gasteiger partial charge in [-0.1, -0.05) is 6.07 Å². The van der Waals surface area contributed by atoms with Crippen LogP contribution in [-0.4, -0.2) is 27.2 Å². The molecule has 2 aromatic heterocycles. The molecule has 0 saturated heterocycles. The Hall–Kier alpha value is -2.90. The van der Waals surface area contributed by atoms with Gasteiger partial charge in [0.1, 0.15) is 0 Å². The lowest BCUT2D eigenvalue weighted by Crippen LogP contribution is -2.09. The minimum atomic E-state index is -4.43. The highest BCUT2D eigenvalue weighted by molar-refractivity contribution is 5.88. The van der Waals surface area contributed by atoms with Gasteiger partial charge in [0.2, 0.25) is 0 Å². The monoisotopic (exact) mass is 349 g/mol. The Balaban J connectivity index is 2.06. The number of benzene rings is 1. The lowest BCUT2D eigenvalue weighted by atomic mass is 10.0. The van der Waals surface area contributed by atoms with Gasteiger partial charge < -0.3 is 4.74 Å². The SMILES string of the molecule is CCOC(=O)c1cnc2cc(-c3cc(C)cc(C(F)(F)F)c3)cnn12. The van der Waals surface area contributed by atoms with Crippen molar-refractivity contribution in [2.24, 2.45) is 0 Å². The molecule has 130 valence electrons. The molecule has 0 bridgehead atoms. The molecule has 0 aliphatic carbocycles. The molecule has 0 amide bonds. The average Bonchev–Trinajstić information content (AvgIpc) is 2.96. The molecule has 0 atom stereocenters. The molecule has 3 rings (SSSR count). The van der Waals surface area contributed by atoms with Crippen LogP contribution in [0.4, 0.5) is 13.2 Å². The summed E-state index contributed by atoms with van der Waals surface area (Å²) in [6.45, 7) is 3.50. The van der Waals surface area contributed by atoms with Crippen LogP contribution in [0.15, 0.2) is 36.7 Å². The first kappa shape index (κ1) is 16.9. The Bertz CT molecular complexity index is 948. The zero-order valence-electron chi connectivity index (χ0n) is 13.5. The number of halogens is 3. The van der Waals surface area contributed by atoms with Gasteiger partial charge in [0.15, 0.2) is 11.3 Å². The van der Waals surface area contributed by atoms with Crippen LogP contribution in [0, 0.1) is 6.92 Å². The number of ether oxygens (including phenoxy) is 1. The quantitative estimate of drug-likeness (QED) is 0.673. The van der Waals surface area contributed by atoms with Crippen LogP contribution in [0.25, 0.3) is 16.8 Å². The van der Waals surface area contributed by atoms with Gasteiger partial charge in [0.25, 0.3) is 0 Å². The summed E-state index contributed by atoms with van der Waals surface area (Å²) < 4.78 is 45.2. The molecule has 0 aliphatic heterocycles. The Morgan fingerprint density at radius 1 is 1.16 bits per heavy atom. The maximum absolute atomic E-state index is 13.0. The average molecular weight is 349 g/mol. The van der Waals surface area contributed by atoms with E-state index < -0.39 is 17.7 Å². The Morgan fingerprint density at radius 3 is 2.60 bits per heavy atom. The third-order valence-electron chi connectivity index (χ3n) is 3.58. The highest BCUT2D eigenvalue weighted by Gasteiger charge is 2.31. The second-order valence-corrected chi connectivity index (χ2v) is 5.46. The van der Waals surface area contributed by atoms with Crippen LogP contribution in [0.3, 0.4) is 0 Å². The van der Waals surface area contributed by atoms with Crippen LogP contribution in [-0.2, 0) is 10.9 Å². The van der Waals surface area contributed by atoms with Crippen molar-refractivity contribution in [2.75, 3.05) is 6.61 Å². The number of carbonyl (C=O) groups excluding carboxylic acids is 1. The summed E-state index contributed by atoms with van der Waals surface area (Å²) in [5.74, 6) is -0.565. The van der Waals surface area contributed by atoms with Crippen molar-refractivity contribution in [3.05, 3.63) is 53.5 Å². The maximum Gasteiger partial charge on any atom is 0.416 e. The number of aryl methyl sites for hydroxylation is 1. The number of alkyl halides is 3. The summed E-state index contributed by atoms with van der Waals surface area (Å²) in [7, 11) is 0. The van der Waals surface area contributed by atoms with E-state index in [1.807, 2.05) is 0 Å². The highest BCUT2D eigenvalue weighted by Crippen LogP contribution is 2.33. The first-order valence-corrected chi connectivity index (χ1v) is 7.49. The number of imidazole rings is 1. The molecule has 0 saturated carbocycles. The molecule has 0 spiro atoms. The summed E-state index contributed by atoms with van der Waals surface area (Å²) >= 11 is 0. The second-order valence-electron chi connectivity index (χ2n) is 5.46. The lowest BCUT2D eigenvalue weighted by molar-refractivity contribution is -0.137. The van der Waals surface area contributed by atoms with Gasteiger partial charge in [-0.05, 0) is 43.2 Å². The maximum atomic E-state index is 13.0. The summed E-state index contributed by atoms with van der Waals surface area (Å²) in [5, 5.41) is 4.11. The number of rotatable bonds is 3. The largest absolute Gasteiger partial charge is 0.461 e. The molecule has 0 aliphatic rings. The van der Waals surface area contributed by atoms with Gasteiger partial charge in [-0.25, -0.2) is 14.3 Å². The molecule has 0 fully saturated rings. The van der Waals surface area contributed by atoms with E-state index in [9.17, 15) is 18.0 Å². The normalized spacial score (nSPS) is 11.7. The third kappa shape index (κ3) is 3.33. The minimum absolute atomic E-state index is 0.156. The van der Waals surface area contributed by atoms with Crippen molar-refractivity contribution >= 4 is 11.6 Å². The minimum Gasteiger partial charge on any atom is -0.461 e. The second kappa shape index (κ2) is 6.19. The highest BCUT2D eigenvalue weighted by atomic mass is 19.4. The van der Waals surface area contributed by atoms with Crippen LogP contribution in [0.5, 0.6) is 0 Å². The molecule has 1 aromatic carbocycles. The molecule has 0 unspecified atom stereocenters. The van der Waals surface area contributed by atoms with Crippen LogP contribution in [0.2, 0.25) is 0 Å². The van der Waals surface area contributed by atoms with E-state index in [2.05, 4.69) is 10.1 Å². The molecule has 0 N–H and O–H groups in total. The zero-order valence-corrected chi connectivity index (χ0v) is 13.5. The van der Waals surface area contributed by atoms with Crippen LogP contribution in [0.1, 0.15) is 28.5 Å². The molecule has 3 aromatic rings. The fraction of sp³-hybridized carbons (Fsp3) is 0.235. The third-order valence-corrected chi connectivity index (χ3v) is 3.58.